The molecule has 2 N–H and O–H groups in total. The summed E-state index contributed by atoms with van der Waals surface area (Å²) in [7, 11) is 0. The molecule has 0 radical (unpaired) electrons. The van der Waals surface area contributed by atoms with Gasteiger partial charge in [-0.2, -0.15) is 5.10 Å². The SMILES string of the molecule is Cc1[nH]nc(C(=O)O)c1C1C2CC3CC(C2)CC1C3. The van der Waals surface area contributed by atoms with Gasteiger partial charge in [-0.05, 0) is 68.6 Å². The van der Waals surface area contributed by atoms with Gasteiger partial charge in [0, 0.05) is 11.3 Å². The van der Waals surface area contributed by atoms with Crippen molar-refractivity contribution in [2.24, 2.45) is 23.7 Å². The molecule has 4 aliphatic rings. The average molecular weight is 260 g/mol. The van der Waals surface area contributed by atoms with Crippen LogP contribution in [0, 0.1) is 30.6 Å². The number of aromatic carboxylic acids is 1. The van der Waals surface area contributed by atoms with Crippen molar-refractivity contribution in [1.29, 1.82) is 0 Å². The monoisotopic (exact) mass is 260 g/mol. The highest BCUT2D eigenvalue weighted by Crippen LogP contribution is 2.60. The van der Waals surface area contributed by atoms with Gasteiger partial charge in [-0.1, -0.05) is 0 Å². The number of hydrogen-bond donors (Lipinski definition) is 2. The fourth-order valence-corrected chi connectivity index (χ4v) is 5.41. The Labute approximate surface area is 112 Å². The highest BCUT2D eigenvalue weighted by atomic mass is 16.4. The molecule has 0 spiro atoms. The van der Waals surface area contributed by atoms with Crippen LogP contribution in [0.5, 0.6) is 0 Å². The molecule has 4 bridgehead atoms. The number of carboxylic acid groups (broad SMARTS) is 1. The number of aromatic nitrogens is 2. The molecule has 1 aromatic rings. The van der Waals surface area contributed by atoms with E-state index in [1.807, 2.05) is 6.92 Å². The Hall–Kier alpha value is -1.32. The van der Waals surface area contributed by atoms with Crippen LogP contribution in [-0.2, 0) is 0 Å². The minimum Gasteiger partial charge on any atom is -0.476 e. The molecule has 102 valence electrons. The summed E-state index contributed by atoms with van der Waals surface area (Å²) in [4.78, 5) is 11.4. The third-order valence-corrected chi connectivity index (χ3v) is 5.76. The fraction of sp³-hybridized carbons (Fsp3) is 0.733. The second-order valence-corrected chi connectivity index (χ2v) is 6.87. The topological polar surface area (TPSA) is 66.0 Å². The maximum atomic E-state index is 11.4. The summed E-state index contributed by atoms with van der Waals surface area (Å²) < 4.78 is 0. The molecule has 4 heteroatoms. The highest BCUT2D eigenvalue weighted by Gasteiger charge is 2.50. The summed E-state index contributed by atoms with van der Waals surface area (Å²) in [6, 6.07) is 0. The van der Waals surface area contributed by atoms with Crippen LogP contribution in [0.25, 0.3) is 0 Å². The molecule has 1 heterocycles. The zero-order valence-electron chi connectivity index (χ0n) is 11.2. The molecule has 4 aliphatic carbocycles. The molecule has 0 unspecified atom stereocenters. The molecule has 1 aromatic heterocycles. The Morgan fingerprint density at radius 1 is 1.16 bits per heavy atom. The first-order chi connectivity index (χ1) is 9.13. The lowest BCUT2D eigenvalue weighted by Gasteiger charge is -2.54. The van der Waals surface area contributed by atoms with Gasteiger partial charge in [-0.15, -0.1) is 0 Å². The maximum Gasteiger partial charge on any atom is 0.356 e. The van der Waals surface area contributed by atoms with E-state index in [0.29, 0.717) is 17.8 Å². The summed E-state index contributed by atoms with van der Waals surface area (Å²) in [5, 5.41) is 16.3. The molecular weight excluding hydrogens is 240 g/mol. The van der Waals surface area contributed by atoms with Crippen molar-refractivity contribution in [1.82, 2.24) is 10.2 Å². The van der Waals surface area contributed by atoms with Gasteiger partial charge in [0.1, 0.15) is 0 Å². The first-order valence-electron chi connectivity index (χ1n) is 7.41. The lowest BCUT2D eigenvalue weighted by molar-refractivity contribution is -0.00335. The van der Waals surface area contributed by atoms with Gasteiger partial charge < -0.3 is 5.11 Å². The number of hydrogen-bond acceptors (Lipinski definition) is 2. The number of H-pyrrole nitrogens is 1. The number of aryl methyl sites for hydroxylation is 1. The van der Waals surface area contributed by atoms with Crippen molar-refractivity contribution in [2.75, 3.05) is 0 Å². The molecule has 0 saturated heterocycles. The Morgan fingerprint density at radius 2 is 1.74 bits per heavy atom. The number of nitrogens with one attached hydrogen (secondary N) is 1. The van der Waals surface area contributed by atoms with Gasteiger partial charge in [0.25, 0.3) is 0 Å². The van der Waals surface area contributed by atoms with E-state index in [1.54, 1.807) is 0 Å². The minimum atomic E-state index is -0.881. The zero-order chi connectivity index (χ0) is 13.1. The lowest BCUT2D eigenvalue weighted by Crippen LogP contribution is -2.44. The fourth-order valence-electron chi connectivity index (χ4n) is 5.41. The third kappa shape index (κ3) is 1.58. The Balaban J connectivity index is 1.77. The molecule has 4 nitrogen and oxygen atoms in total. The number of rotatable bonds is 2. The predicted molar refractivity (Wildman–Crippen MR) is 70.1 cm³/mol. The largest absolute Gasteiger partial charge is 0.476 e. The van der Waals surface area contributed by atoms with Crippen LogP contribution < -0.4 is 0 Å². The normalized spacial score (nSPS) is 39.7. The van der Waals surface area contributed by atoms with Crippen LogP contribution in [0.15, 0.2) is 0 Å². The Morgan fingerprint density at radius 3 is 2.26 bits per heavy atom. The molecule has 4 fully saturated rings. The van der Waals surface area contributed by atoms with Gasteiger partial charge in [-0.25, -0.2) is 4.79 Å². The van der Waals surface area contributed by atoms with Gasteiger partial charge in [0.05, 0.1) is 0 Å². The Kier molecular flexibility index (Phi) is 2.32. The molecule has 5 rings (SSSR count). The summed E-state index contributed by atoms with van der Waals surface area (Å²) in [6.07, 6.45) is 6.65. The number of carbonyl (C=O) groups is 1. The summed E-state index contributed by atoms with van der Waals surface area (Å²) in [6.45, 7) is 1.97. The van der Waals surface area contributed by atoms with E-state index < -0.39 is 5.97 Å². The smallest absolute Gasteiger partial charge is 0.356 e. The van der Waals surface area contributed by atoms with Gasteiger partial charge in [-0.3, -0.25) is 5.10 Å². The van der Waals surface area contributed by atoms with Crippen molar-refractivity contribution in [2.45, 2.75) is 44.9 Å². The second kappa shape index (κ2) is 3.84. The Bertz CT molecular complexity index is 506. The maximum absolute atomic E-state index is 11.4. The minimum absolute atomic E-state index is 0.273. The van der Waals surface area contributed by atoms with Crippen molar-refractivity contribution in [3.8, 4) is 0 Å². The molecule has 0 atom stereocenters. The number of nitrogens with zero attached hydrogens (tertiary/aromatic N) is 1. The van der Waals surface area contributed by atoms with E-state index >= 15 is 0 Å². The van der Waals surface area contributed by atoms with Gasteiger partial charge >= 0.3 is 5.97 Å². The van der Waals surface area contributed by atoms with Crippen LogP contribution in [0.2, 0.25) is 0 Å². The lowest BCUT2D eigenvalue weighted by atomic mass is 9.50. The number of aromatic amines is 1. The van der Waals surface area contributed by atoms with Crippen LogP contribution in [-0.4, -0.2) is 21.3 Å². The summed E-state index contributed by atoms with van der Waals surface area (Å²) in [5.74, 6) is 2.79. The van der Waals surface area contributed by atoms with E-state index in [4.69, 9.17) is 0 Å². The van der Waals surface area contributed by atoms with Crippen molar-refractivity contribution in [3.05, 3.63) is 17.0 Å². The third-order valence-electron chi connectivity index (χ3n) is 5.76. The van der Waals surface area contributed by atoms with E-state index in [0.717, 1.165) is 23.1 Å². The van der Waals surface area contributed by atoms with E-state index in [-0.39, 0.29) is 5.69 Å². The van der Waals surface area contributed by atoms with Crippen molar-refractivity contribution >= 4 is 5.97 Å². The standard InChI is InChI=1S/C15H20N2O2/c1-7-12(14(15(18)19)17-16-7)13-10-3-8-2-9(5-10)6-11(13)4-8/h8-11,13H,2-6H2,1H3,(H,16,17)(H,18,19). The van der Waals surface area contributed by atoms with Gasteiger partial charge in [0.15, 0.2) is 5.69 Å². The molecule has 0 aliphatic heterocycles. The highest BCUT2D eigenvalue weighted by molar-refractivity contribution is 5.87. The first kappa shape index (κ1) is 11.5. The zero-order valence-corrected chi connectivity index (χ0v) is 11.2. The number of carboxylic acids is 1. The second-order valence-electron chi connectivity index (χ2n) is 6.87. The van der Waals surface area contributed by atoms with Crippen LogP contribution in [0.3, 0.4) is 0 Å². The average Bonchev–Trinajstić information content (AvgIpc) is 2.70. The van der Waals surface area contributed by atoms with Crippen molar-refractivity contribution in [3.63, 3.8) is 0 Å². The molecule has 19 heavy (non-hydrogen) atoms. The summed E-state index contributed by atoms with van der Waals surface area (Å²) >= 11 is 0. The summed E-state index contributed by atoms with van der Waals surface area (Å²) in [5.41, 5.74) is 2.26. The van der Waals surface area contributed by atoms with Crippen LogP contribution in [0.1, 0.15) is 59.8 Å². The van der Waals surface area contributed by atoms with Gasteiger partial charge in [0.2, 0.25) is 0 Å². The van der Waals surface area contributed by atoms with E-state index in [1.165, 1.54) is 32.1 Å². The van der Waals surface area contributed by atoms with Crippen LogP contribution >= 0.6 is 0 Å². The van der Waals surface area contributed by atoms with E-state index in [9.17, 15) is 9.90 Å². The van der Waals surface area contributed by atoms with E-state index in [2.05, 4.69) is 10.2 Å². The van der Waals surface area contributed by atoms with Crippen LogP contribution in [0.4, 0.5) is 0 Å². The quantitative estimate of drug-likeness (QED) is 0.859. The van der Waals surface area contributed by atoms with Crippen molar-refractivity contribution < 1.29 is 9.90 Å². The first-order valence-corrected chi connectivity index (χ1v) is 7.41. The molecule has 0 aromatic carbocycles. The molecular formula is C15H20N2O2. The molecule has 0 amide bonds. The predicted octanol–water partition coefficient (Wildman–Crippen LogP) is 2.96. The molecule has 4 saturated carbocycles.